The second-order valence-electron chi connectivity index (χ2n) is 4.85. The van der Waals surface area contributed by atoms with Gasteiger partial charge in [-0.1, -0.05) is 12.1 Å². The van der Waals surface area contributed by atoms with E-state index in [9.17, 15) is 4.39 Å². The number of nitrogens with two attached hydrogens (primary N) is 1. The summed E-state index contributed by atoms with van der Waals surface area (Å²) in [6, 6.07) is 6.89. The molecule has 2 rings (SSSR count). The Morgan fingerprint density at radius 3 is 2.72 bits per heavy atom. The third-order valence-electron chi connectivity index (χ3n) is 3.63. The summed E-state index contributed by atoms with van der Waals surface area (Å²) in [5, 5.41) is 8.80. The zero-order valence-electron chi connectivity index (χ0n) is 10.4. The maximum Gasteiger partial charge on any atom is 0.145 e. The number of nitrogens with zero attached hydrogens (tertiary/aromatic N) is 2. The van der Waals surface area contributed by atoms with E-state index >= 15 is 0 Å². The average Bonchev–Trinajstić information content (AvgIpc) is 2.42. The first-order chi connectivity index (χ1) is 8.74. The first-order valence-electron chi connectivity index (χ1n) is 6.34. The summed E-state index contributed by atoms with van der Waals surface area (Å²) >= 11 is 0. The highest BCUT2D eigenvalue weighted by Gasteiger charge is 2.19. The lowest BCUT2D eigenvalue weighted by atomic mass is 9.96. The Balaban J connectivity index is 2.01. The largest absolute Gasteiger partial charge is 0.330 e. The van der Waals surface area contributed by atoms with Crippen LogP contribution in [0.5, 0.6) is 0 Å². The lowest BCUT2D eigenvalue weighted by molar-refractivity contribution is 0.178. The van der Waals surface area contributed by atoms with Crippen LogP contribution < -0.4 is 5.73 Å². The third kappa shape index (κ3) is 2.87. The van der Waals surface area contributed by atoms with Crippen molar-refractivity contribution in [1.29, 1.82) is 5.26 Å². The standard InChI is InChI=1S/C14H18FN3/c15-14-12(9-17)2-1-3-13(14)10-18-6-4-11(8-16)5-7-18/h1-3,11H,4-8,10,16H2. The highest BCUT2D eigenvalue weighted by Crippen LogP contribution is 2.20. The van der Waals surface area contributed by atoms with Crippen LogP contribution in [0.3, 0.4) is 0 Å². The van der Waals surface area contributed by atoms with Crippen molar-refractivity contribution in [2.75, 3.05) is 19.6 Å². The molecule has 0 saturated carbocycles. The number of rotatable bonds is 3. The minimum atomic E-state index is -0.374. The maximum atomic E-state index is 13.9. The molecule has 1 aromatic rings. The van der Waals surface area contributed by atoms with E-state index in [0.29, 0.717) is 18.0 Å². The molecule has 0 aromatic heterocycles. The molecular formula is C14H18FN3. The van der Waals surface area contributed by atoms with Crippen LogP contribution in [0.15, 0.2) is 18.2 Å². The minimum absolute atomic E-state index is 0.129. The predicted molar refractivity (Wildman–Crippen MR) is 68.2 cm³/mol. The van der Waals surface area contributed by atoms with Crippen molar-refractivity contribution in [3.05, 3.63) is 35.1 Å². The number of hydrogen-bond acceptors (Lipinski definition) is 3. The van der Waals surface area contributed by atoms with Gasteiger partial charge in [0.2, 0.25) is 0 Å². The van der Waals surface area contributed by atoms with Gasteiger partial charge in [-0.15, -0.1) is 0 Å². The molecule has 0 amide bonds. The summed E-state index contributed by atoms with van der Waals surface area (Å²) < 4.78 is 13.9. The monoisotopic (exact) mass is 247 g/mol. The van der Waals surface area contributed by atoms with Crippen molar-refractivity contribution in [1.82, 2.24) is 4.90 Å². The first-order valence-corrected chi connectivity index (χ1v) is 6.34. The normalized spacial score (nSPS) is 17.6. The second kappa shape index (κ2) is 5.94. The number of halogens is 1. The van der Waals surface area contributed by atoms with E-state index in [1.165, 1.54) is 6.07 Å². The zero-order chi connectivity index (χ0) is 13.0. The SMILES string of the molecule is N#Cc1cccc(CN2CCC(CN)CC2)c1F. The Bertz CT molecular complexity index is 445. The molecule has 0 bridgehead atoms. The van der Waals surface area contributed by atoms with Crippen molar-refractivity contribution < 1.29 is 4.39 Å². The second-order valence-corrected chi connectivity index (χ2v) is 4.85. The number of nitriles is 1. The lowest BCUT2D eigenvalue weighted by Crippen LogP contribution is -2.35. The molecular weight excluding hydrogens is 229 g/mol. The first kappa shape index (κ1) is 13.0. The number of benzene rings is 1. The lowest BCUT2D eigenvalue weighted by Gasteiger charge is -2.31. The minimum Gasteiger partial charge on any atom is -0.330 e. The molecule has 1 aliphatic heterocycles. The predicted octanol–water partition coefficient (Wildman–Crippen LogP) is 1.87. The molecule has 1 saturated heterocycles. The Morgan fingerprint density at radius 1 is 1.39 bits per heavy atom. The molecule has 96 valence electrons. The highest BCUT2D eigenvalue weighted by atomic mass is 19.1. The van der Waals surface area contributed by atoms with Gasteiger partial charge in [0.1, 0.15) is 11.9 Å². The molecule has 0 radical (unpaired) electrons. The third-order valence-corrected chi connectivity index (χ3v) is 3.63. The van der Waals surface area contributed by atoms with E-state index in [4.69, 9.17) is 11.0 Å². The van der Waals surface area contributed by atoms with Crippen molar-refractivity contribution in [2.45, 2.75) is 19.4 Å². The van der Waals surface area contributed by atoms with Crippen LogP contribution in [-0.4, -0.2) is 24.5 Å². The van der Waals surface area contributed by atoms with E-state index in [1.807, 2.05) is 6.07 Å². The summed E-state index contributed by atoms with van der Waals surface area (Å²) in [5.41, 5.74) is 6.39. The van der Waals surface area contributed by atoms with Crippen molar-refractivity contribution in [3.63, 3.8) is 0 Å². The molecule has 1 fully saturated rings. The molecule has 0 unspecified atom stereocenters. The van der Waals surface area contributed by atoms with Crippen LogP contribution in [0.1, 0.15) is 24.0 Å². The highest BCUT2D eigenvalue weighted by molar-refractivity contribution is 5.34. The van der Waals surface area contributed by atoms with Crippen LogP contribution in [0.2, 0.25) is 0 Å². The van der Waals surface area contributed by atoms with Crippen molar-refractivity contribution in [2.24, 2.45) is 11.7 Å². The van der Waals surface area contributed by atoms with Gasteiger partial charge in [0.05, 0.1) is 5.56 Å². The van der Waals surface area contributed by atoms with Gasteiger partial charge in [0.25, 0.3) is 0 Å². The van der Waals surface area contributed by atoms with Crippen LogP contribution in [0.25, 0.3) is 0 Å². The molecule has 4 heteroatoms. The van der Waals surface area contributed by atoms with E-state index < -0.39 is 0 Å². The Hall–Kier alpha value is -1.44. The fourth-order valence-electron chi connectivity index (χ4n) is 2.41. The molecule has 3 nitrogen and oxygen atoms in total. The van der Waals surface area contributed by atoms with Gasteiger partial charge in [-0.25, -0.2) is 4.39 Å². The maximum absolute atomic E-state index is 13.9. The zero-order valence-corrected chi connectivity index (χ0v) is 10.4. The fraction of sp³-hybridized carbons (Fsp3) is 0.500. The number of piperidine rings is 1. The van der Waals surface area contributed by atoms with Crippen LogP contribution in [0, 0.1) is 23.1 Å². The fourth-order valence-corrected chi connectivity index (χ4v) is 2.41. The average molecular weight is 247 g/mol. The molecule has 1 aromatic carbocycles. The molecule has 18 heavy (non-hydrogen) atoms. The van der Waals surface area contributed by atoms with E-state index in [-0.39, 0.29) is 11.4 Å². The summed E-state index contributed by atoms with van der Waals surface area (Å²) in [6.07, 6.45) is 2.16. The van der Waals surface area contributed by atoms with Crippen LogP contribution >= 0.6 is 0 Å². The topological polar surface area (TPSA) is 53.0 Å². The Labute approximate surface area is 107 Å². The van der Waals surface area contributed by atoms with Gasteiger partial charge in [0, 0.05) is 12.1 Å². The van der Waals surface area contributed by atoms with Crippen LogP contribution in [0.4, 0.5) is 4.39 Å². The Morgan fingerprint density at radius 2 is 2.11 bits per heavy atom. The van der Waals surface area contributed by atoms with Gasteiger partial charge in [0.15, 0.2) is 0 Å². The van der Waals surface area contributed by atoms with Gasteiger partial charge in [-0.2, -0.15) is 5.26 Å². The van der Waals surface area contributed by atoms with Crippen molar-refractivity contribution in [3.8, 4) is 6.07 Å². The van der Waals surface area contributed by atoms with E-state index in [1.54, 1.807) is 12.1 Å². The Kier molecular flexibility index (Phi) is 4.29. The number of likely N-dealkylation sites (tertiary alicyclic amines) is 1. The summed E-state index contributed by atoms with van der Waals surface area (Å²) in [7, 11) is 0. The quantitative estimate of drug-likeness (QED) is 0.887. The summed E-state index contributed by atoms with van der Waals surface area (Å²) in [4.78, 5) is 2.23. The van der Waals surface area contributed by atoms with Gasteiger partial charge in [-0.3, -0.25) is 4.90 Å². The number of hydrogen-bond donors (Lipinski definition) is 1. The van der Waals surface area contributed by atoms with Gasteiger partial charge < -0.3 is 5.73 Å². The van der Waals surface area contributed by atoms with E-state index in [0.717, 1.165) is 32.5 Å². The van der Waals surface area contributed by atoms with Crippen LogP contribution in [-0.2, 0) is 6.54 Å². The van der Waals surface area contributed by atoms with Gasteiger partial charge >= 0.3 is 0 Å². The van der Waals surface area contributed by atoms with Crippen molar-refractivity contribution >= 4 is 0 Å². The molecule has 1 heterocycles. The molecule has 2 N–H and O–H groups in total. The summed E-state index contributed by atoms with van der Waals surface area (Å²) in [5.74, 6) is 0.234. The smallest absolute Gasteiger partial charge is 0.145 e. The molecule has 1 aliphatic rings. The molecule has 0 spiro atoms. The van der Waals surface area contributed by atoms with E-state index in [2.05, 4.69) is 4.90 Å². The molecule has 0 aliphatic carbocycles. The summed E-state index contributed by atoms with van der Waals surface area (Å²) in [6.45, 7) is 3.24. The van der Waals surface area contributed by atoms with Gasteiger partial charge in [-0.05, 0) is 44.5 Å². The molecule has 0 atom stereocenters.